The van der Waals surface area contributed by atoms with Crippen LogP contribution in [0.3, 0.4) is 0 Å². The Labute approximate surface area is 145 Å². The lowest BCUT2D eigenvalue weighted by Gasteiger charge is -2.12. The molecule has 25 heavy (non-hydrogen) atoms. The van der Waals surface area contributed by atoms with Crippen molar-refractivity contribution in [2.24, 2.45) is 0 Å². The van der Waals surface area contributed by atoms with Crippen molar-refractivity contribution < 1.29 is 9.53 Å². The number of aryl methyl sites for hydroxylation is 1. The molecule has 2 heterocycles. The van der Waals surface area contributed by atoms with Crippen LogP contribution in [0.4, 0.5) is 5.69 Å². The van der Waals surface area contributed by atoms with E-state index < -0.39 is 6.10 Å². The Morgan fingerprint density at radius 1 is 1.16 bits per heavy atom. The van der Waals surface area contributed by atoms with Crippen molar-refractivity contribution in [1.29, 1.82) is 0 Å². The monoisotopic (exact) mass is 331 g/mol. The number of para-hydroxylation sites is 1. The number of ether oxygens (including phenoxy) is 1. The van der Waals surface area contributed by atoms with Crippen LogP contribution in [0.25, 0.3) is 11.3 Å². The van der Waals surface area contributed by atoms with Crippen molar-refractivity contribution in [3.8, 4) is 17.0 Å². The number of amides is 1. The van der Waals surface area contributed by atoms with Crippen molar-refractivity contribution in [3.63, 3.8) is 0 Å². The Hall–Kier alpha value is -3.21. The van der Waals surface area contributed by atoms with Gasteiger partial charge in [-0.2, -0.15) is 0 Å². The van der Waals surface area contributed by atoms with Crippen LogP contribution in [-0.4, -0.2) is 22.0 Å². The van der Waals surface area contributed by atoms with Crippen LogP contribution >= 0.6 is 0 Å². The number of hydrogen-bond donors (Lipinski definition) is 1. The predicted molar refractivity (Wildman–Crippen MR) is 95.4 cm³/mol. The molecule has 1 amide bonds. The first kappa shape index (κ1) is 15.3. The van der Waals surface area contributed by atoms with Crippen molar-refractivity contribution >= 4 is 11.6 Å². The number of anilines is 1. The van der Waals surface area contributed by atoms with E-state index in [1.165, 1.54) is 0 Å². The molecule has 0 fully saturated rings. The highest BCUT2D eigenvalue weighted by Gasteiger charge is 2.28. The van der Waals surface area contributed by atoms with Crippen LogP contribution in [0.15, 0.2) is 60.8 Å². The van der Waals surface area contributed by atoms with Crippen LogP contribution in [0.1, 0.15) is 11.4 Å². The molecule has 1 atom stereocenters. The summed E-state index contributed by atoms with van der Waals surface area (Å²) in [4.78, 5) is 21.1. The molecule has 3 aromatic rings. The smallest absolute Gasteiger partial charge is 0.265 e. The summed E-state index contributed by atoms with van der Waals surface area (Å²) < 4.78 is 5.74. The van der Waals surface area contributed by atoms with E-state index in [2.05, 4.69) is 15.3 Å². The minimum Gasteiger partial charge on any atom is -0.480 e. The normalized spacial score (nSPS) is 15.3. The van der Waals surface area contributed by atoms with E-state index >= 15 is 0 Å². The molecule has 5 heteroatoms. The third-order valence-electron chi connectivity index (χ3n) is 4.14. The van der Waals surface area contributed by atoms with E-state index in [9.17, 15) is 4.79 Å². The second kappa shape index (κ2) is 6.36. The first-order valence-electron chi connectivity index (χ1n) is 8.14. The standard InChI is InChI=1S/C20H17N3O2/c1-13-21-10-9-17(22-13)14-6-4-7-16(11-14)23-20(24)19-12-15-5-2-3-8-18(15)25-19/h2-11,19H,12H2,1H3,(H,23,24)/t19-/m1/s1. The highest BCUT2D eigenvalue weighted by Crippen LogP contribution is 2.29. The number of carbonyl (C=O) groups excluding carboxylic acids is 1. The van der Waals surface area contributed by atoms with Crippen LogP contribution < -0.4 is 10.1 Å². The Balaban J connectivity index is 1.50. The minimum atomic E-state index is -0.498. The molecule has 1 aromatic heterocycles. The molecular weight excluding hydrogens is 314 g/mol. The molecule has 1 aliphatic rings. The fourth-order valence-electron chi connectivity index (χ4n) is 2.92. The zero-order chi connectivity index (χ0) is 17.2. The van der Waals surface area contributed by atoms with Gasteiger partial charge in [0, 0.05) is 23.9 Å². The molecule has 0 unspecified atom stereocenters. The SMILES string of the molecule is Cc1nccc(-c2cccc(NC(=O)[C@H]3Cc4ccccc4O3)c2)n1. The lowest BCUT2D eigenvalue weighted by molar-refractivity contribution is -0.122. The van der Waals surface area contributed by atoms with Gasteiger partial charge in [-0.1, -0.05) is 30.3 Å². The van der Waals surface area contributed by atoms with Gasteiger partial charge in [-0.05, 0) is 36.8 Å². The first-order valence-corrected chi connectivity index (χ1v) is 8.14. The zero-order valence-corrected chi connectivity index (χ0v) is 13.8. The van der Waals surface area contributed by atoms with E-state index in [-0.39, 0.29) is 5.91 Å². The van der Waals surface area contributed by atoms with Gasteiger partial charge in [0.15, 0.2) is 6.10 Å². The molecule has 2 aromatic carbocycles. The van der Waals surface area contributed by atoms with Gasteiger partial charge in [-0.3, -0.25) is 4.79 Å². The summed E-state index contributed by atoms with van der Waals surface area (Å²) >= 11 is 0. The summed E-state index contributed by atoms with van der Waals surface area (Å²) in [5.41, 5.74) is 3.54. The van der Waals surface area contributed by atoms with Crippen LogP contribution in [0, 0.1) is 6.92 Å². The van der Waals surface area contributed by atoms with Gasteiger partial charge in [0.05, 0.1) is 5.69 Å². The van der Waals surface area contributed by atoms with E-state index in [1.807, 2.05) is 61.5 Å². The van der Waals surface area contributed by atoms with Gasteiger partial charge >= 0.3 is 0 Å². The average molecular weight is 331 g/mol. The van der Waals surface area contributed by atoms with Gasteiger partial charge in [-0.25, -0.2) is 9.97 Å². The number of fused-ring (bicyclic) bond motifs is 1. The largest absolute Gasteiger partial charge is 0.480 e. The topological polar surface area (TPSA) is 64.1 Å². The summed E-state index contributed by atoms with van der Waals surface area (Å²) in [7, 11) is 0. The second-order valence-corrected chi connectivity index (χ2v) is 5.98. The lowest BCUT2D eigenvalue weighted by Crippen LogP contribution is -2.31. The summed E-state index contributed by atoms with van der Waals surface area (Å²) in [6.45, 7) is 1.85. The van der Waals surface area contributed by atoms with E-state index in [4.69, 9.17) is 4.74 Å². The maximum absolute atomic E-state index is 12.5. The van der Waals surface area contributed by atoms with Crippen molar-refractivity contribution in [3.05, 3.63) is 72.2 Å². The lowest BCUT2D eigenvalue weighted by atomic mass is 10.1. The van der Waals surface area contributed by atoms with Crippen LogP contribution in [-0.2, 0) is 11.2 Å². The van der Waals surface area contributed by atoms with Gasteiger partial charge in [0.1, 0.15) is 11.6 Å². The van der Waals surface area contributed by atoms with Crippen molar-refractivity contribution in [2.75, 3.05) is 5.32 Å². The highest BCUT2D eigenvalue weighted by atomic mass is 16.5. The minimum absolute atomic E-state index is 0.146. The molecule has 0 radical (unpaired) electrons. The Bertz CT molecular complexity index is 914. The fourth-order valence-corrected chi connectivity index (χ4v) is 2.92. The van der Waals surface area contributed by atoms with Gasteiger partial charge in [0.2, 0.25) is 0 Å². The van der Waals surface area contributed by atoms with Gasteiger partial charge in [0.25, 0.3) is 5.91 Å². The summed E-state index contributed by atoms with van der Waals surface area (Å²) in [6, 6.07) is 17.2. The number of nitrogens with one attached hydrogen (secondary N) is 1. The van der Waals surface area contributed by atoms with Crippen molar-refractivity contribution in [1.82, 2.24) is 9.97 Å². The number of rotatable bonds is 3. The third kappa shape index (κ3) is 3.21. The highest BCUT2D eigenvalue weighted by molar-refractivity contribution is 5.95. The molecule has 4 rings (SSSR count). The number of hydrogen-bond acceptors (Lipinski definition) is 4. The number of aromatic nitrogens is 2. The molecular formula is C20H17N3O2. The molecule has 124 valence electrons. The number of nitrogens with zero attached hydrogens (tertiary/aromatic N) is 2. The molecule has 1 aliphatic heterocycles. The Morgan fingerprint density at radius 3 is 2.88 bits per heavy atom. The molecule has 0 saturated carbocycles. The molecule has 0 bridgehead atoms. The Morgan fingerprint density at radius 2 is 2.04 bits per heavy atom. The molecule has 5 nitrogen and oxygen atoms in total. The predicted octanol–water partition coefficient (Wildman–Crippen LogP) is 3.39. The summed E-state index contributed by atoms with van der Waals surface area (Å²) in [5, 5.41) is 2.94. The fraction of sp³-hybridized carbons (Fsp3) is 0.150. The maximum atomic E-state index is 12.5. The van der Waals surface area contributed by atoms with Crippen LogP contribution in [0.5, 0.6) is 5.75 Å². The average Bonchev–Trinajstić information content (AvgIpc) is 3.06. The maximum Gasteiger partial charge on any atom is 0.265 e. The second-order valence-electron chi connectivity index (χ2n) is 5.98. The van der Waals surface area contributed by atoms with Crippen molar-refractivity contribution in [2.45, 2.75) is 19.4 Å². The third-order valence-corrected chi connectivity index (χ3v) is 4.14. The quantitative estimate of drug-likeness (QED) is 0.799. The van der Waals surface area contributed by atoms with Crippen LogP contribution in [0.2, 0.25) is 0 Å². The zero-order valence-electron chi connectivity index (χ0n) is 13.8. The Kier molecular flexibility index (Phi) is 3.90. The number of benzene rings is 2. The summed E-state index contributed by atoms with van der Waals surface area (Å²) in [6.07, 6.45) is 1.82. The first-order chi connectivity index (χ1) is 12.2. The molecule has 0 saturated heterocycles. The summed E-state index contributed by atoms with van der Waals surface area (Å²) in [5.74, 6) is 1.35. The van der Waals surface area contributed by atoms with E-state index in [0.717, 1.165) is 28.3 Å². The van der Waals surface area contributed by atoms with Gasteiger partial charge in [-0.15, -0.1) is 0 Å². The molecule has 1 N–H and O–H groups in total. The molecule has 0 aliphatic carbocycles. The van der Waals surface area contributed by atoms with E-state index in [1.54, 1.807) is 6.20 Å². The van der Waals surface area contributed by atoms with E-state index in [0.29, 0.717) is 12.2 Å². The van der Waals surface area contributed by atoms with Gasteiger partial charge < -0.3 is 10.1 Å². The molecule has 0 spiro atoms. The number of carbonyl (C=O) groups is 1.